The topological polar surface area (TPSA) is 35.5 Å². The van der Waals surface area contributed by atoms with E-state index in [1.54, 1.807) is 7.11 Å². The van der Waals surface area contributed by atoms with Gasteiger partial charge in [0, 0.05) is 20.0 Å². The van der Waals surface area contributed by atoms with Crippen LogP contribution in [0.4, 0.5) is 0 Å². The van der Waals surface area contributed by atoms with Crippen molar-refractivity contribution in [2.24, 2.45) is 5.92 Å². The highest BCUT2D eigenvalue weighted by Gasteiger charge is 2.57. The third-order valence-corrected chi connectivity index (χ3v) is 4.36. The zero-order valence-corrected chi connectivity index (χ0v) is 11.7. The van der Waals surface area contributed by atoms with E-state index in [1.165, 1.54) is 31.8 Å². The molecule has 1 fully saturated rings. The van der Waals surface area contributed by atoms with Crippen molar-refractivity contribution >= 4 is 5.97 Å². The minimum Gasteiger partial charge on any atom is -0.458 e. The molecule has 3 atom stereocenters. The van der Waals surface area contributed by atoms with Gasteiger partial charge in [0.25, 0.3) is 0 Å². The lowest BCUT2D eigenvalue weighted by Gasteiger charge is -2.33. The van der Waals surface area contributed by atoms with Crippen LogP contribution in [-0.2, 0) is 14.3 Å². The lowest BCUT2D eigenvalue weighted by Crippen LogP contribution is -2.42. The fourth-order valence-corrected chi connectivity index (χ4v) is 3.51. The quantitative estimate of drug-likeness (QED) is 0.413. The molecule has 0 aliphatic heterocycles. The molecule has 0 saturated heterocycles. The van der Waals surface area contributed by atoms with Gasteiger partial charge in [0.05, 0.1) is 0 Å². The monoisotopic (exact) mass is 252 g/mol. The van der Waals surface area contributed by atoms with Crippen LogP contribution in [0.1, 0.15) is 52.4 Å². The predicted octanol–water partition coefficient (Wildman–Crippen LogP) is 3.23. The van der Waals surface area contributed by atoms with E-state index in [1.807, 2.05) is 0 Å². The summed E-state index contributed by atoms with van der Waals surface area (Å²) >= 11 is 0. The van der Waals surface area contributed by atoms with Crippen LogP contribution in [0.25, 0.3) is 0 Å². The van der Waals surface area contributed by atoms with Crippen LogP contribution in [0.3, 0.4) is 0 Å². The van der Waals surface area contributed by atoms with E-state index in [2.05, 4.69) is 13.0 Å². The van der Waals surface area contributed by atoms with E-state index >= 15 is 0 Å². The summed E-state index contributed by atoms with van der Waals surface area (Å²) in [5.74, 6) is 0.169. The van der Waals surface area contributed by atoms with Crippen LogP contribution >= 0.6 is 0 Å². The van der Waals surface area contributed by atoms with Crippen LogP contribution in [-0.4, -0.2) is 24.8 Å². The molecule has 0 heterocycles. The number of methoxy groups -OCH3 is 1. The van der Waals surface area contributed by atoms with E-state index in [0.29, 0.717) is 5.92 Å². The summed E-state index contributed by atoms with van der Waals surface area (Å²) in [5.41, 5.74) is 1.05. The molecule has 0 unspecified atom stereocenters. The Morgan fingerprint density at radius 2 is 2.28 bits per heavy atom. The fourth-order valence-electron chi connectivity index (χ4n) is 3.51. The van der Waals surface area contributed by atoms with Gasteiger partial charge in [-0.25, -0.2) is 0 Å². The van der Waals surface area contributed by atoms with Gasteiger partial charge in [-0.05, 0) is 31.3 Å². The Labute approximate surface area is 110 Å². The summed E-state index contributed by atoms with van der Waals surface area (Å²) in [7, 11) is 1.75. The summed E-state index contributed by atoms with van der Waals surface area (Å²) in [6.45, 7) is 3.70. The molecule has 102 valence electrons. The Morgan fingerprint density at radius 1 is 1.50 bits per heavy atom. The molecule has 3 heteroatoms. The molecule has 2 rings (SSSR count). The van der Waals surface area contributed by atoms with Crippen LogP contribution in [0.2, 0.25) is 0 Å². The molecule has 18 heavy (non-hydrogen) atoms. The average molecular weight is 252 g/mol. The molecular formula is C15H24O3. The first kappa shape index (κ1) is 13.6. The lowest BCUT2D eigenvalue weighted by atomic mass is 9.88. The molecule has 1 saturated carbocycles. The molecule has 0 aromatic rings. The highest BCUT2D eigenvalue weighted by atomic mass is 16.6. The minimum atomic E-state index is -0.315. The largest absolute Gasteiger partial charge is 0.458 e. The number of hydrogen-bond acceptors (Lipinski definition) is 3. The van der Waals surface area contributed by atoms with Gasteiger partial charge in [-0.1, -0.05) is 25.8 Å². The van der Waals surface area contributed by atoms with Gasteiger partial charge in [-0.15, -0.1) is 0 Å². The van der Waals surface area contributed by atoms with Crippen LogP contribution in [0.15, 0.2) is 11.6 Å². The standard InChI is InChI=1S/C15H24O3/c1-4-5-6-7-13-10-12-8-9-15(13,17-3)14(12)18-11(2)16/h10,12,14H,4-9H2,1-3H3/t12-,14-,15-/m0/s1. The maximum atomic E-state index is 11.2. The molecule has 2 aliphatic rings. The van der Waals surface area contributed by atoms with Gasteiger partial charge < -0.3 is 9.47 Å². The second kappa shape index (κ2) is 5.43. The van der Waals surface area contributed by atoms with Crippen molar-refractivity contribution in [1.29, 1.82) is 0 Å². The van der Waals surface area contributed by atoms with Crippen LogP contribution in [0.5, 0.6) is 0 Å². The number of rotatable bonds is 6. The zero-order chi connectivity index (χ0) is 13.2. The van der Waals surface area contributed by atoms with Crippen molar-refractivity contribution in [3.8, 4) is 0 Å². The molecule has 0 aromatic heterocycles. The molecule has 0 amide bonds. The molecular weight excluding hydrogens is 228 g/mol. The number of unbranched alkanes of at least 4 members (excludes halogenated alkanes) is 2. The number of carbonyl (C=O) groups excluding carboxylic acids is 1. The van der Waals surface area contributed by atoms with Crippen molar-refractivity contribution in [2.75, 3.05) is 7.11 Å². The van der Waals surface area contributed by atoms with E-state index < -0.39 is 0 Å². The van der Waals surface area contributed by atoms with Gasteiger partial charge in [0.1, 0.15) is 11.7 Å². The van der Waals surface area contributed by atoms with E-state index in [9.17, 15) is 4.79 Å². The van der Waals surface area contributed by atoms with Gasteiger partial charge in [-0.3, -0.25) is 4.79 Å². The Bertz CT molecular complexity index is 348. The molecule has 0 radical (unpaired) electrons. The molecule has 0 aromatic carbocycles. The number of carbonyl (C=O) groups is 1. The summed E-state index contributed by atoms with van der Waals surface area (Å²) < 4.78 is 11.3. The predicted molar refractivity (Wildman–Crippen MR) is 70.2 cm³/mol. The van der Waals surface area contributed by atoms with E-state index in [0.717, 1.165) is 19.3 Å². The third-order valence-electron chi connectivity index (χ3n) is 4.36. The van der Waals surface area contributed by atoms with Crippen molar-refractivity contribution in [3.05, 3.63) is 11.6 Å². The van der Waals surface area contributed by atoms with Gasteiger partial charge >= 0.3 is 5.97 Å². The highest BCUT2D eigenvalue weighted by Crippen LogP contribution is 2.52. The van der Waals surface area contributed by atoms with Crippen molar-refractivity contribution in [3.63, 3.8) is 0 Å². The Balaban J connectivity index is 2.09. The Morgan fingerprint density at radius 3 is 2.89 bits per heavy atom. The van der Waals surface area contributed by atoms with Gasteiger partial charge in [-0.2, -0.15) is 0 Å². The molecule has 3 nitrogen and oxygen atoms in total. The van der Waals surface area contributed by atoms with Crippen molar-refractivity contribution in [2.45, 2.75) is 64.1 Å². The highest BCUT2D eigenvalue weighted by molar-refractivity contribution is 5.66. The first-order chi connectivity index (χ1) is 8.64. The zero-order valence-electron chi connectivity index (χ0n) is 11.7. The van der Waals surface area contributed by atoms with Crippen molar-refractivity contribution in [1.82, 2.24) is 0 Å². The normalized spacial score (nSPS) is 33.6. The number of ether oxygens (including phenoxy) is 2. The minimum absolute atomic E-state index is 0.0865. The summed E-state index contributed by atoms with van der Waals surface area (Å²) in [6.07, 6.45) is 9.03. The molecule has 0 N–H and O–H groups in total. The van der Waals surface area contributed by atoms with Crippen molar-refractivity contribution < 1.29 is 14.3 Å². The third kappa shape index (κ3) is 2.20. The smallest absolute Gasteiger partial charge is 0.303 e. The first-order valence-corrected chi connectivity index (χ1v) is 7.07. The number of esters is 1. The fraction of sp³-hybridized carbons (Fsp3) is 0.800. The number of fused-ring (bicyclic) bond motifs is 2. The first-order valence-electron chi connectivity index (χ1n) is 7.07. The van der Waals surface area contributed by atoms with E-state index in [-0.39, 0.29) is 17.7 Å². The SMILES string of the molecule is CCCCCC1=C[C@@H]2CC[C@@]1(OC)[C@H]2OC(C)=O. The summed E-state index contributed by atoms with van der Waals surface area (Å²) in [4.78, 5) is 11.2. The Kier molecular flexibility index (Phi) is 4.10. The summed E-state index contributed by atoms with van der Waals surface area (Å²) in [6, 6.07) is 0. The molecule has 0 spiro atoms. The average Bonchev–Trinajstić information content (AvgIpc) is 2.82. The summed E-state index contributed by atoms with van der Waals surface area (Å²) in [5, 5.41) is 0. The van der Waals surface area contributed by atoms with Gasteiger partial charge in [0.15, 0.2) is 0 Å². The maximum Gasteiger partial charge on any atom is 0.303 e. The Hall–Kier alpha value is -0.830. The van der Waals surface area contributed by atoms with Gasteiger partial charge in [0.2, 0.25) is 0 Å². The number of hydrogen-bond donors (Lipinski definition) is 0. The second-order valence-corrected chi connectivity index (χ2v) is 5.48. The van der Waals surface area contributed by atoms with Crippen LogP contribution in [0, 0.1) is 5.92 Å². The molecule has 2 bridgehead atoms. The maximum absolute atomic E-state index is 11.2. The van der Waals surface area contributed by atoms with E-state index in [4.69, 9.17) is 9.47 Å². The molecule has 2 aliphatic carbocycles. The lowest BCUT2D eigenvalue weighted by molar-refractivity contribution is -0.158. The van der Waals surface area contributed by atoms with Crippen LogP contribution < -0.4 is 0 Å². The second-order valence-electron chi connectivity index (χ2n) is 5.48.